The number of pyridine rings is 1. The lowest BCUT2D eigenvalue weighted by atomic mass is 10.0. The fourth-order valence-corrected chi connectivity index (χ4v) is 1.50. The smallest absolute Gasteiger partial charge is 0.0299 e. The Morgan fingerprint density at radius 2 is 2.13 bits per heavy atom. The van der Waals surface area contributed by atoms with E-state index < -0.39 is 0 Å². The van der Waals surface area contributed by atoms with Crippen molar-refractivity contribution in [3.05, 3.63) is 30.1 Å². The molecule has 0 saturated heterocycles. The van der Waals surface area contributed by atoms with Gasteiger partial charge in [-0.1, -0.05) is 26.8 Å². The van der Waals surface area contributed by atoms with Crippen LogP contribution in [0, 0.1) is 5.92 Å². The Morgan fingerprint density at radius 3 is 2.73 bits per heavy atom. The molecule has 1 aromatic rings. The Bertz CT molecular complexity index is 256. The molecule has 0 saturated carbocycles. The lowest BCUT2D eigenvalue weighted by molar-refractivity contribution is 0.453. The molecular formula is C13H22N2. The van der Waals surface area contributed by atoms with Crippen molar-refractivity contribution in [2.45, 2.75) is 39.7 Å². The predicted molar refractivity (Wildman–Crippen MR) is 64.9 cm³/mol. The standard InChI is InChI=1S/C13H22N2/c1-11(2)15-9-12(3)6-7-13-5-4-8-14-10-13/h4-5,8,10-12,15H,6-7,9H2,1-3H3. The van der Waals surface area contributed by atoms with Gasteiger partial charge in [-0.05, 0) is 36.9 Å². The molecule has 1 heterocycles. The number of nitrogens with one attached hydrogen (secondary N) is 1. The highest BCUT2D eigenvalue weighted by molar-refractivity contribution is 5.08. The third-order valence-electron chi connectivity index (χ3n) is 2.52. The van der Waals surface area contributed by atoms with Gasteiger partial charge in [0.25, 0.3) is 0 Å². The quantitative estimate of drug-likeness (QED) is 0.774. The van der Waals surface area contributed by atoms with E-state index in [2.05, 4.69) is 37.1 Å². The highest BCUT2D eigenvalue weighted by Gasteiger charge is 2.03. The van der Waals surface area contributed by atoms with E-state index in [1.165, 1.54) is 12.0 Å². The average molecular weight is 206 g/mol. The average Bonchev–Trinajstić information content (AvgIpc) is 2.25. The maximum absolute atomic E-state index is 4.12. The van der Waals surface area contributed by atoms with E-state index in [0.29, 0.717) is 6.04 Å². The first-order valence-electron chi connectivity index (χ1n) is 5.80. The van der Waals surface area contributed by atoms with Crippen molar-refractivity contribution in [2.75, 3.05) is 6.54 Å². The minimum absolute atomic E-state index is 0.589. The minimum Gasteiger partial charge on any atom is -0.314 e. The van der Waals surface area contributed by atoms with Crippen molar-refractivity contribution in [2.24, 2.45) is 5.92 Å². The van der Waals surface area contributed by atoms with E-state index in [1.807, 2.05) is 18.5 Å². The highest BCUT2D eigenvalue weighted by Crippen LogP contribution is 2.07. The fourth-order valence-electron chi connectivity index (χ4n) is 1.50. The molecular weight excluding hydrogens is 184 g/mol. The van der Waals surface area contributed by atoms with E-state index in [1.54, 1.807) is 0 Å². The van der Waals surface area contributed by atoms with Gasteiger partial charge in [0.05, 0.1) is 0 Å². The highest BCUT2D eigenvalue weighted by atomic mass is 14.9. The van der Waals surface area contributed by atoms with Crippen LogP contribution in [0.15, 0.2) is 24.5 Å². The Morgan fingerprint density at radius 1 is 1.33 bits per heavy atom. The van der Waals surface area contributed by atoms with Gasteiger partial charge in [-0.15, -0.1) is 0 Å². The maximum Gasteiger partial charge on any atom is 0.0299 e. The summed E-state index contributed by atoms with van der Waals surface area (Å²) < 4.78 is 0. The normalized spacial score (nSPS) is 13.1. The molecule has 2 heteroatoms. The van der Waals surface area contributed by atoms with Gasteiger partial charge in [0.2, 0.25) is 0 Å². The molecule has 15 heavy (non-hydrogen) atoms. The Labute approximate surface area is 93.1 Å². The van der Waals surface area contributed by atoms with Crippen LogP contribution in [-0.4, -0.2) is 17.6 Å². The predicted octanol–water partition coefficient (Wildman–Crippen LogP) is 2.65. The summed E-state index contributed by atoms with van der Waals surface area (Å²) in [6.45, 7) is 7.78. The zero-order chi connectivity index (χ0) is 11.1. The van der Waals surface area contributed by atoms with E-state index in [4.69, 9.17) is 0 Å². The molecule has 0 aliphatic heterocycles. The molecule has 0 aliphatic carbocycles. The number of hydrogen-bond donors (Lipinski definition) is 1. The fraction of sp³-hybridized carbons (Fsp3) is 0.615. The van der Waals surface area contributed by atoms with E-state index in [0.717, 1.165) is 18.9 Å². The number of nitrogens with zero attached hydrogens (tertiary/aromatic N) is 1. The first-order valence-corrected chi connectivity index (χ1v) is 5.80. The number of aromatic nitrogens is 1. The van der Waals surface area contributed by atoms with Crippen LogP contribution in [0.2, 0.25) is 0 Å². The lowest BCUT2D eigenvalue weighted by Crippen LogP contribution is -2.28. The summed E-state index contributed by atoms with van der Waals surface area (Å²) in [4.78, 5) is 4.12. The molecule has 0 bridgehead atoms. The summed E-state index contributed by atoms with van der Waals surface area (Å²) >= 11 is 0. The zero-order valence-electron chi connectivity index (χ0n) is 10.0. The van der Waals surface area contributed by atoms with Crippen molar-refractivity contribution in [3.8, 4) is 0 Å². The molecule has 0 radical (unpaired) electrons. The Hall–Kier alpha value is -0.890. The van der Waals surface area contributed by atoms with Gasteiger partial charge < -0.3 is 5.32 Å². The van der Waals surface area contributed by atoms with Gasteiger partial charge in [0.15, 0.2) is 0 Å². The van der Waals surface area contributed by atoms with E-state index >= 15 is 0 Å². The molecule has 0 spiro atoms. The van der Waals surface area contributed by atoms with Crippen LogP contribution in [0.4, 0.5) is 0 Å². The zero-order valence-corrected chi connectivity index (χ0v) is 10.0. The second-order valence-corrected chi connectivity index (χ2v) is 4.57. The molecule has 0 amide bonds. The van der Waals surface area contributed by atoms with Crippen LogP contribution in [0.1, 0.15) is 32.8 Å². The monoisotopic (exact) mass is 206 g/mol. The third kappa shape index (κ3) is 5.53. The van der Waals surface area contributed by atoms with Crippen LogP contribution in [0.25, 0.3) is 0 Å². The van der Waals surface area contributed by atoms with Crippen molar-refractivity contribution >= 4 is 0 Å². The van der Waals surface area contributed by atoms with Crippen LogP contribution in [0.3, 0.4) is 0 Å². The number of rotatable bonds is 6. The van der Waals surface area contributed by atoms with Crippen LogP contribution >= 0.6 is 0 Å². The first-order chi connectivity index (χ1) is 7.18. The summed E-state index contributed by atoms with van der Waals surface area (Å²) in [5, 5.41) is 3.47. The van der Waals surface area contributed by atoms with Crippen molar-refractivity contribution < 1.29 is 0 Å². The van der Waals surface area contributed by atoms with Gasteiger partial charge in [-0.2, -0.15) is 0 Å². The third-order valence-corrected chi connectivity index (χ3v) is 2.52. The summed E-state index contributed by atoms with van der Waals surface area (Å²) in [7, 11) is 0. The van der Waals surface area contributed by atoms with Crippen LogP contribution in [-0.2, 0) is 6.42 Å². The van der Waals surface area contributed by atoms with Crippen molar-refractivity contribution in [3.63, 3.8) is 0 Å². The molecule has 0 aromatic carbocycles. The molecule has 1 rings (SSSR count). The van der Waals surface area contributed by atoms with E-state index in [-0.39, 0.29) is 0 Å². The summed E-state index contributed by atoms with van der Waals surface area (Å²) in [5.41, 5.74) is 1.34. The molecule has 84 valence electrons. The van der Waals surface area contributed by atoms with Gasteiger partial charge in [0.1, 0.15) is 0 Å². The molecule has 1 aromatic heterocycles. The second kappa shape index (κ2) is 6.57. The largest absolute Gasteiger partial charge is 0.314 e. The molecule has 1 atom stereocenters. The number of hydrogen-bond acceptors (Lipinski definition) is 2. The topological polar surface area (TPSA) is 24.9 Å². The molecule has 2 nitrogen and oxygen atoms in total. The minimum atomic E-state index is 0.589. The molecule has 1 unspecified atom stereocenters. The van der Waals surface area contributed by atoms with Crippen molar-refractivity contribution in [1.29, 1.82) is 0 Å². The van der Waals surface area contributed by atoms with Gasteiger partial charge in [-0.25, -0.2) is 0 Å². The number of aryl methyl sites for hydroxylation is 1. The van der Waals surface area contributed by atoms with Crippen molar-refractivity contribution in [1.82, 2.24) is 10.3 Å². The first kappa shape index (κ1) is 12.2. The van der Waals surface area contributed by atoms with Gasteiger partial charge in [0, 0.05) is 18.4 Å². The Balaban J connectivity index is 2.19. The van der Waals surface area contributed by atoms with Gasteiger partial charge in [-0.3, -0.25) is 4.98 Å². The maximum atomic E-state index is 4.12. The Kier molecular flexibility index (Phi) is 5.33. The lowest BCUT2D eigenvalue weighted by Gasteiger charge is -2.14. The van der Waals surface area contributed by atoms with E-state index in [9.17, 15) is 0 Å². The molecule has 0 fully saturated rings. The summed E-state index contributed by atoms with van der Waals surface area (Å²) in [6, 6.07) is 4.74. The molecule has 1 N–H and O–H groups in total. The summed E-state index contributed by atoms with van der Waals surface area (Å²) in [5.74, 6) is 0.729. The van der Waals surface area contributed by atoms with Crippen LogP contribution < -0.4 is 5.32 Å². The summed E-state index contributed by atoms with van der Waals surface area (Å²) in [6.07, 6.45) is 6.15. The SMILES string of the molecule is CC(CCc1cccnc1)CNC(C)C. The molecule has 0 aliphatic rings. The van der Waals surface area contributed by atoms with Gasteiger partial charge >= 0.3 is 0 Å². The van der Waals surface area contributed by atoms with Crippen LogP contribution in [0.5, 0.6) is 0 Å². The second-order valence-electron chi connectivity index (χ2n) is 4.57.